The number of aromatic nitrogens is 3. The molecular weight excluding hydrogens is 455 g/mol. The van der Waals surface area contributed by atoms with Crippen LogP contribution in [-0.2, 0) is 19.5 Å². The van der Waals surface area contributed by atoms with Crippen molar-refractivity contribution in [1.82, 2.24) is 19.9 Å². The molecule has 0 saturated carbocycles. The number of hydrogen-bond acceptors (Lipinski definition) is 6. The molecule has 5 rings (SSSR count). The zero-order chi connectivity index (χ0) is 24.4. The normalized spacial score (nSPS) is 13.9. The first-order valence-corrected chi connectivity index (χ1v) is 11.1. The molecule has 1 aliphatic rings. The van der Waals surface area contributed by atoms with Crippen LogP contribution in [-0.4, -0.2) is 32.8 Å². The number of benzene rings is 2. The van der Waals surface area contributed by atoms with Gasteiger partial charge in [0.15, 0.2) is 5.82 Å². The van der Waals surface area contributed by atoms with Gasteiger partial charge in [-0.3, -0.25) is 9.88 Å². The van der Waals surface area contributed by atoms with Gasteiger partial charge in [0.2, 0.25) is 0 Å². The second-order valence-corrected chi connectivity index (χ2v) is 8.38. The van der Waals surface area contributed by atoms with Crippen LogP contribution in [0.25, 0.3) is 22.6 Å². The highest BCUT2D eigenvalue weighted by molar-refractivity contribution is 5.61. The van der Waals surface area contributed by atoms with Crippen LogP contribution in [0.2, 0.25) is 0 Å². The van der Waals surface area contributed by atoms with E-state index in [1.807, 2.05) is 42.6 Å². The molecule has 0 fully saturated rings. The minimum atomic E-state index is -4.73. The first kappa shape index (κ1) is 22.8. The number of pyridine rings is 1. The number of halogens is 3. The van der Waals surface area contributed by atoms with Gasteiger partial charge >= 0.3 is 6.36 Å². The van der Waals surface area contributed by atoms with E-state index in [2.05, 4.69) is 19.6 Å². The predicted octanol–water partition coefficient (Wildman–Crippen LogP) is 5.24. The summed E-state index contributed by atoms with van der Waals surface area (Å²) in [4.78, 5) is 16.0. The molecule has 2 N–H and O–H groups in total. The summed E-state index contributed by atoms with van der Waals surface area (Å²) in [5.41, 5.74) is 11.7. The first-order valence-electron chi connectivity index (χ1n) is 11.1. The van der Waals surface area contributed by atoms with Crippen LogP contribution in [0, 0.1) is 0 Å². The minimum absolute atomic E-state index is 0.269. The third-order valence-electron chi connectivity index (χ3n) is 5.78. The Balaban J connectivity index is 1.24. The van der Waals surface area contributed by atoms with E-state index in [4.69, 9.17) is 10.7 Å². The number of alkyl halides is 3. The van der Waals surface area contributed by atoms with Gasteiger partial charge in [0, 0.05) is 60.8 Å². The molecule has 0 amide bonds. The molecular formula is C26H22F3N5O. The third-order valence-corrected chi connectivity index (χ3v) is 5.78. The number of hydrogen-bond donors (Lipinski definition) is 1. The summed E-state index contributed by atoms with van der Waals surface area (Å²) in [5.74, 6) is 0.427. The van der Waals surface area contributed by atoms with E-state index in [1.165, 1.54) is 18.2 Å². The molecule has 2 aromatic carbocycles. The zero-order valence-electron chi connectivity index (χ0n) is 18.7. The van der Waals surface area contributed by atoms with Gasteiger partial charge in [-0.15, -0.1) is 13.2 Å². The van der Waals surface area contributed by atoms with Gasteiger partial charge in [0.25, 0.3) is 0 Å². The molecule has 2 aromatic heterocycles. The summed E-state index contributed by atoms with van der Waals surface area (Å²) in [6.07, 6.45) is -0.274. The number of nitrogens with zero attached hydrogens (tertiary/aromatic N) is 4. The summed E-state index contributed by atoms with van der Waals surface area (Å²) in [5, 5.41) is 0. The van der Waals surface area contributed by atoms with Gasteiger partial charge in [-0.2, -0.15) is 0 Å². The fraction of sp³-hybridized carbons (Fsp3) is 0.192. The lowest BCUT2D eigenvalue weighted by Crippen LogP contribution is -2.31. The maximum atomic E-state index is 12.5. The topological polar surface area (TPSA) is 77.2 Å². The van der Waals surface area contributed by atoms with E-state index in [0.717, 1.165) is 41.9 Å². The van der Waals surface area contributed by atoms with E-state index in [0.29, 0.717) is 29.3 Å². The predicted molar refractivity (Wildman–Crippen MR) is 126 cm³/mol. The number of anilines is 1. The number of nitrogens with two attached hydrogens (primary N) is 1. The number of ether oxygens (including phenoxy) is 1. The monoisotopic (exact) mass is 477 g/mol. The molecule has 0 saturated heterocycles. The fourth-order valence-corrected chi connectivity index (χ4v) is 4.08. The smallest absolute Gasteiger partial charge is 0.406 e. The average molecular weight is 477 g/mol. The highest BCUT2D eigenvalue weighted by Crippen LogP contribution is 2.28. The Morgan fingerprint density at radius 3 is 2.51 bits per heavy atom. The van der Waals surface area contributed by atoms with Crippen molar-refractivity contribution in [1.29, 1.82) is 0 Å². The van der Waals surface area contributed by atoms with E-state index in [-0.39, 0.29) is 5.75 Å². The standard InChI is InChI=1S/C26H22F3N5O/c27-26(28,29)35-22-3-1-2-19(12-22)23-9-4-17(13-31-23)15-34-11-10-24-20(16-34)14-32-25(33-24)18-5-7-21(30)8-6-18/h1-9,12-14H,10-11,15-16,30H2. The van der Waals surface area contributed by atoms with Crippen LogP contribution in [0.5, 0.6) is 5.75 Å². The lowest BCUT2D eigenvalue weighted by atomic mass is 10.1. The zero-order valence-corrected chi connectivity index (χ0v) is 18.7. The van der Waals surface area contributed by atoms with Gasteiger partial charge in [-0.1, -0.05) is 18.2 Å². The van der Waals surface area contributed by atoms with Crippen LogP contribution in [0.15, 0.2) is 73.1 Å². The van der Waals surface area contributed by atoms with Crippen LogP contribution >= 0.6 is 0 Å². The van der Waals surface area contributed by atoms with Crippen LogP contribution in [0.3, 0.4) is 0 Å². The molecule has 0 unspecified atom stereocenters. The molecule has 178 valence electrons. The molecule has 0 atom stereocenters. The van der Waals surface area contributed by atoms with E-state index < -0.39 is 6.36 Å². The van der Waals surface area contributed by atoms with Crippen LogP contribution < -0.4 is 10.5 Å². The Hall–Kier alpha value is -3.98. The van der Waals surface area contributed by atoms with Gasteiger partial charge in [0.1, 0.15) is 5.75 Å². The second-order valence-electron chi connectivity index (χ2n) is 8.38. The van der Waals surface area contributed by atoms with E-state index >= 15 is 0 Å². The van der Waals surface area contributed by atoms with E-state index in [9.17, 15) is 13.2 Å². The van der Waals surface area contributed by atoms with Crippen molar-refractivity contribution in [3.8, 4) is 28.4 Å². The maximum Gasteiger partial charge on any atom is 0.573 e. The Morgan fingerprint density at radius 2 is 1.77 bits per heavy atom. The highest BCUT2D eigenvalue weighted by Gasteiger charge is 2.31. The Morgan fingerprint density at radius 1 is 0.943 bits per heavy atom. The van der Waals surface area contributed by atoms with Crippen molar-refractivity contribution in [3.05, 3.63) is 89.9 Å². The molecule has 0 spiro atoms. The first-order chi connectivity index (χ1) is 16.8. The third kappa shape index (κ3) is 5.58. The second kappa shape index (κ2) is 9.34. The molecule has 6 nitrogen and oxygen atoms in total. The van der Waals surface area contributed by atoms with E-state index in [1.54, 1.807) is 12.3 Å². The van der Waals surface area contributed by atoms with Crippen molar-refractivity contribution in [2.45, 2.75) is 25.9 Å². The summed E-state index contributed by atoms with van der Waals surface area (Å²) >= 11 is 0. The number of fused-ring (bicyclic) bond motifs is 1. The summed E-state index contributed by atoms with van der Waals surface area (Å²) in [6, 6.07) is 17.1. The molecule has 0 radical (unpaired) electrons. The molecule has 4 aromatic rings. The SMILES string of the molecule is Nc1ccc(-c2ncc3c(n2)CCN(Cc2ccc(-c4cccc(OC(F)(F)F)c4)nc2)C3)cc1. The summed E-state index contributed by atoms with van der Waals surface area (Å²) < 4.78 is 41.5. The van der Waals surface area contributed by atoms with Gasteiger partial charge in [0.05, 0.1) is 11.4 Å². The van der Waals surface area contributed by atoms with Gasteiger partial charge in [-0.05, 0) is 48.0 Å². The fourth-order valence-electron chi connectivity index (χ4n) is 4.08. The Labute approximate surface area is 200 Å². The van der Waals surface area contributed by atoms with Crippen molar-refractivity contribution in [2.24, 2.45) is 0 Å². The largest absolute Gasteiger partial charge is 0.573 e. The van der Waals surface area contributed by atoms with Crippen molar-refractivity contribution in [2.75, 3.05) is 12.3 Å². The molecule has 1 aliphatic heterocycles. The van der Waals surface area contributed by atoms with Crippen molar-refractivity contribution in [3.63, 3.8) is 0 Å². The van der Waals surface area contributed by atoms with Gasteiger partial charge < -0.3 is 10.5 Å². The molecule has 3 heterocycles. The van der Waals surface area contributed by atoms with Crippen LogP contribution in [0.4, 0.5) is 18.9 Å². The summed E-state index contributed by atoms with van der Waals surface area (Å²) in [6.45, 7) is 2.28. The van der Waals surface area contributed by atoms with Crippen molar-refractivity contribution >= 4 is 5.69 Å². The minimum Gasteiger partial charge on any atom is -0.406 e. The number of nitrogen functional groups attached to an aromatic ring is 1. The highest BCUT2D eigenvalue weighted by atomic mass is 19.4. The molecule has 0 bridgehead atoms. The van der Waals surface area contributed by atoms with Crippen molar-refractivity contribution < 1.29 is 17.9 Å². The van der Waals surface area contributed by atoms with Crippen LogP contribution in [0.1, 0.15) is 16.8 Å². The molecule has 0 aliphatic carbocycles. The summed E-state index contributed by atoms with van der Waals surface area (Å²) in [7, 11) is 0. The Kier molecular flexibility index (Phi) is 6.08. The quantitative estimate of drug-likeness (QED) is 0.396. The lowest BCUT2D eigenvalue weighted by Gasteiger charge is -2.28. The molecule has 9 heteroatoms. The lowest BCUT2D eigenvalue weighted by molar-refractivity contribution is -0.274. The van der Waals surface area contributed by atoms with Gasteiger partial charge in [-0.25, -0.2) is 9.97 Å². The number of rotatable bonds is 5. The maximum absolute atomic E-state index is 12.5. The molecule has 35 heavy (non-hydrogen) atoms. The average Bonchev–Trinajstić information content (AvgIpc) is 2.84. The Bertz CT molecular complexity index is 1320.